The molecule has 2 N–H and O–H groups in total. The highest BCUT2D eigenvalue weighted by atomic mass is 32.1. The third-order valence-electron chi connectivity index (χ3n) is 2.73. The molecular formula is C14H15N3O2S2. The van der Waals surface area contributed by atoms with Crippen molar-refractivity contribution < 1.29 is 9.53 Å². The van der Waals surface area contributed by atoms with E-state index in [1.165, 1.54) is 18.4 Å². The average Bonchev–Trinajstić information content (AvgIpc) is 2.81. The molecule has 2 aromatic heterocycles. The third-order valence-corrected chi connectivity index (χ3v) is 3.90. The summed E-state index contributed by atoms with van der Waals surface area (Å²) < 4.78 is 4.76. The van der Waals surface area contributed by atoms with Gasteiger partial charge in [-0.05, 0) is 43.8 Å². The van der Waals surface area contributed by atoms with Crippen molar-refractivity contribution in [3.63, 3.8) is 0 Å². The topological polar surface area (TPSA) is 63.2 Å². The standard InChI is InChI=1S/C14H15N3O2S2/c1-8-5-4-6-15-11(8)16-14(20)17-12-10(13(18)19-3)7-9(2)21-12/h4-7H,1-3H3,(H2,15,16,17,20). The number of pyridine rings is 1. The van der Waals surface area contributed by atoms with Gasteiger partial charge in [0.2, 0.25) is 0 Å². The number of rotatable bonds is 3. The molecule has 0 unspecified atom stereocenters. The first-order valence-electron chi connectivity index (χ1n) is 6.19. The van der Waals surface area contributed by atoms with Gasteiger partial charge in [-0.3, -0.25) is 0 Å². The van der Waals surface area contributed by atoms with Gasteiger partial charge in [0.1, 0.15) is 10.8 Å². The van der Waals surface area contributed by atoms with Gasteiger partial charge in [-0.25, -0.2) is 9.78 Å². The molecule has 0 aliphatic rings. The highest BCUT2D eigenvalue weighted by Gasteiger charge is 2.16. The summed E-state index contributed by atoms with van der Waals surface area (Å²) in [6, 6.07) is 5.57. The molecule has 0 saturated carbocycles. The number of nitrogens with one attached hydrogen (secondary N) is 2. The summed E-state index contributed by atoms with van der Waals surface area (Å²) in [5.41, 5.74) is 1.46. The molecule has 0 aromatic carbocycles. The van der Waals surface area contributed by atoms with Crippen molar-refractivity contribution in [2.24, 2.45) is 0 Å². The van der Waals surface area contributed by atoms with Crippen LogP contribution in [-0.4, -0.2) is 23.2 Å². The number of thiophene rings is 1. The lowest BCUT2D eigenvalue weighted by molar-refractivity contribution is 0.0602. The van der Waals surface area contributed by atoms with E-state index in [0.717, 1.165) is 10.4 Å². The van der Waals surface area contributed by atoms with Crippen LogP contribution in [0.25, 0.3) is 0 Å². The predicted molar refractivity (Wildman–Crippen MR) is 89.2 cm³/mol. The Morgan fingerprint density at radius 2 is 2.14 bits per heavy atom. The molecule has 0 bridgehead atoms. The molecule has 0 saturated heterocycles. The number of carbonyl (C=O) groups excluding carboxylic acids is 1. The van der Waals surface area contributed by atoms with E-state index in [-0.39, 0.29) is 0 Å². The summed E-state index contributed by atoms with van der Waals surface area (Å²) in [4.78, 5) is 16.9. The number of aryl methyl sites for hydroxylation is 2. The maximum absolute atomic E-state index is 11.7. The van der Waals surface area contributed by atoms with E-state index >= 15 is 0 Å². The van der Waals surface area contributed by atoms with Crippen molar-refractivity contribution in [3.05, 3.63) is 40.4 Å². The Morgan fingerprint density at radius 1 is 1.38 bits per heavy atom. The van der Waals surface area contributed by atoms with Gasteiger partial charge in [0, 0.05) is 11.1 Å². The minimum atomic E-state index is -0.390. The summed E-state index contributed by atoms with van der Waals surface area (Å²) in [5, 5.41) is 7.07. The number of esters is 1. The largest absolute Gasteiger partial charge is 0.465 e. The molecule has 21 heavy (non-hydrogen) atoms. The number of ether oxygens (including phenoxy) is 1. The lowest BCUT2D eigenvalue weighted by atomic mass is 10.3. The lowest BCUT2D eigenvalue weighted by Crippen LogP contribution is -2.21. The van der Waals surface area contributed by atoms with Crippen LogP contribution in [0.1, 0.15) is 20.8 Å². The lowest BCUT2D eigenvalue weighted by Gasteiger charge is -2.11. The molecule has 2 aromatic rings. The monoisotopic (exact) mass is 321 g/mol. The molecule has 0 atom stereocenters. The highest BCUT2D eigenvalue weighted by molar-refractivity contribution is 7.80. The van der Waals surface area contributed by atoms with Gasteiger partial charge in [0.15, 0.2) is 5.11 Å². The number of anilines is 2. The molecule has 7 heteroatoms. The summed E-state index contributed by atoms with van der Waals surface area (Å²) >= 11 is 6.70. The van der Waals surface area contributed by atoms with Crippen molar-refractivity contribution in [1.82, 2.24) is 4.98 Å². The molecular weight excluding hydrogens is 306 g/mol. The van der Waals surface area contributed by atoms with E-state index in [1.807, 2.05) is 26.0 Å². The third kappa shape index (κ3) is 3.77. The number of carbonyl (C=O) groups is 1. The minimum Gasteiger partial charge on any atom is -0.465 e. The van der Waals surface area contributed by atoms with Gasteiger partial charge >= 0.3 is 5.97 Å². The van der Waals surface area contributed by atoms with Crippen molar-refractivity contribution >= 4 is 45.5 Å². The van der Waals surface area contributed by atoms with Crippen LogP contribution in [0.15, 0.2) is 24.4 Å². The van der Waals surface area contributed by atoms with Gasteiger partial charge in [-0.15, -0.1) is 11.3 Å². The number of aromatic nitrogens is 1. The van der Waals surface area contributed by atoms with Crippen molar-refractivity contribution in [2.45, 2.75) is 13.8 Å². The molecule has 0 aliphatic carbocycles. The van der Waals surface area contributed by atoms with Gasteiger partial charge in [-0.1, -0.05) is 6.07 Å². The Bertz CT molecular complexity index is 683. The molecule has 0 aliphatic heterocycles. The van der Waals surface area contributed by atoms with E-state index in [0.29, 0.717) is 21.5 Å². The zero-order chi connectivity index (χ0) is 15.4. The van der Waals surface area contributed by atoms with Crippen LogP contribution >= 0.6 is 23.6 Å². The quantitative estimate of drug-likeness (QED) is 0.668. The fraction of sp³-hybridized carbons (Fsp3) is 0.214. The second-order valence-corrected chi connectivity index (χ2v) is 6.00. The molecule has 0 radical (unpaired) electrons. The molecule has 2 heterocycles. The highest BCUT2D eigenvalue weighted by Crippen LogP contribution is 2.28. The number of methoxy groups -OCH3 is 1. The van der Waals surface area contributed by atoms with E-state index in [1.54, 1.807) is 12.3 Å². The Kier molecular flexibility index (Phi) is 4.87. The van der Waals surface area contributed by atoms with Crippen molar-refractivity contribution in [3.8, 4) is 0 Å². The summed E-state index contributed by atoms with van der Waals surface area (Å²) in [6.07, 6.45) is 1.69. The van der Waals surface area contributed by atoms with Crippen molar-refractivity contribution in [2.75, 3.05) is 17.7 Å². The molecule has 0 fully saturated rings. The SMILES string of the molecule is COC(=O)c1cc(C)sc1NC(=S)Nc1ncccc1C. The van der Waals surface area contributed by atoms with Gasteiger partial charge in [-0.2, -0.15) is 0 Å². The maximum atomic E-state index is 11.7. The van der Waals surface area contributed by atoms with E-state index in [4.69, 9.17) is 17.0 Å². The van der Waals surface area contributed by atoms with E-state index in [2.05, 4.69) is 15.6 Å². The number of thiocarbonyl (C=S) groups is 1. The van der Waals surface area contributed by atoms with Crippen LogP contribution in [0, 0.1) is 13.8 Å². The Hall–Kier alpha value is -1.99. The Balaban J connectivity index is 2.13. The van der Waals surface area contributed by atoms with Crippen LogP contribution in [0.4, 0.5) is 10.8 Å². The van der Waals surface area contributed by atoms with E-state index < -0.39 is 5.97 Å². The minimum absolute atomic E-state index is 0.379. The zero-order valence-electron chi connectivity index (χ0n) is 11.9. The average molecular weight is 321 g/mol. The summed E-state index contributed by atoms with van der Waals surface area (Å²) in [5.74, 6) is 0.293. The van der Waals surface area contributed by atoms with Gasteiger partial charge in [0.25, 0.3) is 0 Å². The van der Waals surface area contributed by atoms with Crippen molar-refractivity contribution in [1.29, 1.82) is 0 Å². The summed E-state index contributed by atoms with van der Waals surface area (Å²) in [6.45, 7) is 3.86. The Morgan fingerprint density at radius 3 is 2.81 bits per heavy atom. The summed E-state index contributed by atoms with van der Waals surface area (Å²) in [7, 11) is 1.35. The predicted octanol–water partition coefficient (Wildman–Crippen LogP) is 3.36. The Labute approximate surface area is 132 Å². The van der Waals surface area contributed by atoms with Crippen LogP contribution in [0.3, 0.4) is 0 Å². The maximum Gasteiger partial charge on any atom is 0.340 e. The number of hydrogen-bond acceptors (Lipinski definition) is 5. The molecule has 5 nitrogen and oxygen atoms in total. The van der Waals surface area contributed by atoms with Crippen LogP contribution < -0.4 is 10.6 Å². The van der Waals surface area contributed by atoms with E-state index in [9.17, 15) is 4.79 Å². The van der Waals surface area contributed by atoms with Gasteiger partial charge < -0.3 is 15.4 Å². The first kappa shape index (κ1) is 15.4. The smallest absolute Gasteiger partial charge is 0.340 e. The fourth-order valence-electron chi connectivity index (χ4n) is 1.73. The second-order valence-electron chi connectivity index (χ2n) is 4.34. The molecule has 2 rings (SSSR count). The first-order chi connectivity index (χ1) is 10.0. The normalized spacial score (nSPS) is 10.0. The molecule has 0 amide bonds. The van der Waals surface area contributed by atoms with Crippen LogP contribution in [-0.2, 0) is 4.74 Å². The van der Waals surface area contributed by atoms with Gasteiger partial charge in [0.05, 0.1) is 12.7 Å². The molecule has 110 valence electrons. The molecule has 0 spiro atoms. The second kappa shape index (κ2) is 6.64. The number of nitrogens with zero attached hydrogens (tertiary/aromatic N) is 1. The fourth-order valence-corrected chi connectivity index (χ4v) is 2.89. The van der Waals surface area contributed by atoms with Crippen LogP contribution in [0.5, 0.6) is 0 Å². The zero-order valence-corrected chi connectivity index (χ0v) is 13.5. The van der Waals surface area contributed by atoms with Crippen LogP contribution in [0.2, 0.25) is 0 Å². The number of hydrogen-bond donors (Lipinski definition) is 2. The first-order valence-corrected chi connectivity index (χ1v) is 7.42.